The standard InChI is InChI=1S/C44H49O3P/c1-4-7-22-35-33-36(23-8-5-2)42(37(34-35)24-9-6-3)45-48-46-43(38-25-14-10-15-26-38,39-27-16-11-17-28-39)44(47-48,40-29-18-12-19-30-40)41-31-20-13-21-32-41/h10-21,25-34H,4-9,22-24H2,1-3H3. The quantitative estimate of drug-likeness (QED) is 0.105. The van der Waals surface area contributed by atoms with E-state index >= 15 is 0 Å². The summed E-state index contributed by atoms with van der Waals surface area (Å²) in [6, 6.07) is 47.1. The lowest BCUT2D eigenvalue weighted by atomic mass is 9.66. The largest absolute Gasteiger partial charge is 0.426 e. The summed E-state index contributed by atoms with van der Waals surface area (Å²) >= 11 is 0. The van der Waals surface area contributed by atoms with Crippen LogP contribution in [0.4, 0.5) is 0 Å². The fourth-order valence-corrected chi connectivity index (χ4v) is 8.73. The average Bonchev–Trinajstić information content (AvgIpc) is 3.51. The van der Waals surface area contributed by atoms with Gasteiger partial charge in [-0.3, -0.25) is 9.05 Å². The van der Waals surface area contributed by atoms with Gasteiger partial charge in [-0.25, -0.2) is 0 Å². The molecule has 5 aromatic rings. The number of rotatable bonds is 15. The third kappa shape index (κ3) is 6.74. The second-order valence-corrected chi connectivity index (χ2v) is 13.9. The molecule has 4 heteroatoms. The molecule has 0 unspecified atom stereocenters. The van der Waals surface area contributed by atoms with E-state index in [2.05, 4.69) is 154 Å². The van der Waals surface area contributed by atoms with E-state index in [-0.39, 0.29) is 0 Å². The molecular weight excluding hydrogens is 607 g/mol. The summed E-state index contributed by atoms with van der Waals surface area (Å²) < 4.78 is 22.2. The van der Waals surface area contributed by atoms with E-state index in [1.54, 1.807) is 0 Å². The molecule has 0 N–H and O–H groups in total. The number of hydrogen-bond donors (Lipinski definition) is 0. The number of hydrogen-bond acceptors (Lipinski definition) is 3. The van der Waals surface area contributed by atoms with Gasteiger partial charge in [-0.1, -0.05) is 173 Å². The van der Waals surface area contributed by atoms with E-state index in [0.717, 1.165) is 72.9 Å². The second kappa shape index (κ2) is 16.1. The lowest BCUT2D eigenvalue weighted by Crippen LogP contribution is -2.48. The molecule has 248 valence electrons. The van der Waals surface area contributed by atoms with Crippen molar-refractivity contribution >= 4 is 8.60 Å². The van der Waals surface area contributed by atoms with E-state index in [1.807, 2.05) is 0 Å². The number of benzene rings is 5. The molecule has 1 fully saturated rings. The third-order valence-electron chi connectivity index (χ3n) is 9.53. The molecule has 0 bridgehead atoms. The fourth-order valence-electron chi connectivity index (χ4n) is 7.11. The Kier molecular flexibility index (Phi) is 11.4. The molecule has 5 aromatic carbocycles. The molecule has 1 aliphatic heterocycles. The van der Waals surface area contributed by atoms with Crippen LogP contribution in [0.2, 0.25) is 0 Å². The highest BCUT2D eigenvalue weighted by Gasteiger charge is 2.67. The summed E-state index contributed by atoms with van der Waals surface area (Å²) in [4.78, 5) is 0. The Bertz CT molecular complexity index is 1510. The summed E-state index contributed by atoms with van der Waals surface area (Å²) in [5, 5.41) is 0. The van der Waals surface area contributed by atoms with Gasteiger partial charge in [0.25, 0.3) is 0 Å². The number of aryl methyl sites for hydroxylation is 3. The fraction of sp³-hybridized carbons (Fsp3) is 0.318. The average molecular weight is 657 g/mol. The first-order chi connectivity index (χ1) is 23.7. The summed E-state index contributed by atoms with van der Waals surface area (Å²) in [5.41, 5.74) is 5.94. The predicted molar refractivity (Wildman–Crippen MR) is 199 cm³/mol. The van der Waals surface area contributed by atoms with Crippen LogP contribution in [0.3, 0.4) is 0 Å². The van der Waals surface area contributed by atoms with Crippen molar-refractivity contribution in [2.75, 3.05) is 0 Å². The molecule has 3 nitrogen and oxygen atoms in total. The van der Waals surface area contributed by atoms with Gasteiger partial charge in [-0.15, -0.1) is 0 Å². The van der Waals surface area contributed by atoms with Crippen molar-refractivity contribution in [1.29, 1.82) is 0 Å². The molecule has 0 radical (unpaired) electrons. The summed E-state index contributed by atoms with van der Waals surface area (Å²) in [6.45, 7) is 6.78. The molecule has 0 aromatic heterocycles. The minimum atomic E-state index is -1.87. The topological polar surface area (TPSA) is 27.7 Å². The third-order valence-corrected chi connectivity index (χ3v) is 10.7. The molecule has 0 aliphatic carbocycles. The van der Waals surface area contributed by atoms with Crippen LogP contribution in [0.5, 0.6) is 5.75 Å². The highest BCUT2D eigenvalue weighted by atomic mass is 31.2. The lowest BCUT2D eigenvalue weighted by molar-refractivity contribution is 0.00370. The van der Waals surface area contributed by atoms with Gasteiger partial charge in [0, 0.05) is 0 Å². The number of unbranched alkanes of at least 4 members (excludes halogenated alkanes) is 3. The van der Waals surface area contributed by atoms with Crippen molar-refractivity contribution in [2.45, 2.75) is 89.8 Å². The second-order valence-electron chi connectivity index (χ2n) is 12.9. The van der Waals surface area contributed by atoms with Crippen LogP contribution < -0.4 is 4.52 Å². The predicted octanol–water partition coefficient (Wildman–Crippen LogP) is 12.3. The van der Waals surface area contributed by atoms with Crippen LogP contribution in [0.1, 0.15) is 98.2 Å². The minimum Gasteiger partial charge on any atom is -0.426 e. The molecule has 0 atom stereocenters. The Labute approximate surface area is 289 Å². The van der Waals surface area contributed by atoms with Crippen molar-refractivity contribution in [3.63, 3.8) is 0 Å². The van der Waals surface area contributed by atoms with Crippen LogP contribution in [-0.4, -0.2) is 0 Å². The zero-order chi connectivity index (χ0) is 33.2. The monoisotopic (exact) mass is 656 g/mol. The first-order valence-corrected chi connectivity index (χ1v) is 19.0. The molecule has 48 heavy (non-hydrogen) atoms. The van der Waals surface area contributed by atoms with E-state index in [4.69, 9.17) is 13.6 Å². The van der Waals surface area contributed by atoms with E-state index < -0.39 is 19.8 Å². The van der Waals surface area contributed by atoms with Crippen molar-refractivity contribution in [2.24, 2.45) is 0 Å². The van der Waals surface area contributed by atoms with Crippen LogP contribution in [-0.2, 0) is 39.5 Å². The van der Waals surface area contributed by atoms with Gasteiger partial charge < -0.3 is 4.52 Å². The van der Waals surface area contributed by atoms with Crippen LogP contribution >= 0.6 is 8.60 Å². The van der Waals surface area contributed by atoms with Crippen LogP contribution in [0.15, 0.2) is 133 Å². The van der Waals surface area contributed by atoms with Gasteiger partial charge in [0.2, 0.25) is 0 Å². The van der Waals surface area contributed by atoms with Gasteiger partial charge in [0.05, 0.1) is 0 Å². The Morgan fingerprint density at radius 2 is 0.812 bits per heavy atom. The van der Waals surface area contributed by atoms with Gasteiger partial charge in [-0.05, 0) is 77.5 Å². The van der Waals surface area contributed by atoms with Gasteiger partial charge in [-0.2, -0.15) is 0 Å². The maximum atomic E-state index is 7.48. The summed E-state index contributed by atoms with van der Waals surface area (Å²) in [7, 11) is -1.87. The van der Waals surface area contributed by atoms with Crippen molar-refractivity contribution in [1.82, 2.24) is 0 Å². The lowest BCUT2D eigenvalue weighted by Gasteiger charge is -2.43. The first kappa shape index (κ1) is 34.1. The van der Waals surface area contributed by atoms with E-state index in [0.29, 0.717) is 0 Å². The van der Waals surface area contributed by atoms with E-state index in [9.17, 15) is 0 Å². The van der Waals surface area contributed by atoms with Gasteiger partial charge in [0.1, 0.15) is 5.75 Å². The molecule has 1 aliphatic rings. The molecule has 1 heterocycles. The SMILES string of the molecule is CCCCc1cc(CCCC)c(OP2OC(c3ccccc3)(c3ccccc3)C(c3ccccc3)(c3ccccc3)O2)c(CCCC)c1. The molecule has 0 saturated carbocycles. The summed E-state index contributed by atoms with van der Waals surface area (Å²) in [6.07, 6.45) is 9.87. The Balaban J connectivity index is 1.58. The Morgan fingerprint density at radius 3 is 1.15 bits per heavy atom. The smallest absolute Gasteiger partial charge is 0.400 e. The maximum Gasteiger partial charge on any atom is 0.400 e. The molecule has 0 spiro atoms. The molecule has 1 saturated heterocycles. The Morgan fingerprint density at radius 1 is 0.479 bits per heavy atom. The van der Waals surface area contributed by atoms with E-state index in [1.165, 1.54) is 29.5 Å². The summed E-state index contributed by atoms with van der Waals surface area (Å²) in [5.74, 6) is 0.954. The minimum absolute atomic E-state index is 0.954. The highest BCUT2D eigenvalue weighted by Crippen LogP contribution is 2.70. The van der Waals surface area contributed by atoms with Crippen molar-refractivity contribution < 1.29 is 13.6 Å². The Hall–Kier alpha value is -3.75. The molecular formula is C44H49O3P. The zero-order valence-corrected chi connectivity index (χ0v) is 29.6. The van der Waals surface area contributed by atoms with Crippen LogP contribution in [0.25, 0.3) is 0 Å². The highest BCUT2D eigenvalue weighted by molar-refractivity contribution is 7.42. The van der Waals surface area contributed by atoms with Gasteiger partial charge in [0.15, 0.2) is 11.2 Å². The normalized spacial score (nSPS) is 15.4. The molecule has 6 rings (SSSR count). The first-order valence-electron chi connectivity index (χ1n) is 17.9. The van der Waals surface area contributed by atoms with Gasteiger partial charge >= 0.3 is 8.60 Å². The van der Waals surface area contributed by atoms with Crippen molar-refractivity contribution in [3.05, 3.63) is 172 Å². The maximum absolute atomic E-state index is 7.48. The van der Waals surface area contributed by atoms with Crippen molar-refractivity contribution in [3.8, 4) is 5.75 Å². The van der Waals surface area contributed by atoms with Crippen LogP contribution in [0, 0.1) is 0 Å². The molecule has 0 amide bonds. The zero-order valence-electron chi connectivity index (χ0n) is 28.7.